The quantitative estimate of drug-likeness (QED) is 0.707. The molecule has 27 heavy (non-hydrogen) atoms. The zero-order chi connectivity index (χ0) is 18.8. The summed E-state index contributed by atoms with van der Waals surface area (Å²) in [7, 11) is 0. The molecule has 144 valence electrons. The van der Waals surface area contributed by atoms with Gasteiger partial charge in [0, 0.05) is 17.8 Å². The fraction of sp³-hybridized carbons (Fsp3) is 0.529. The van der Waals surface area contributed by atoms with Crippen LogP contribution in [0.3, 0.4) is 0 Å². The number of nitrogen functional groups attached to an aromatic ring is 1. The SMILES string of the molecule is Nc1nc(CNC(=O)NCc2cc3n(n2)CCN(C(=O)C2CCC2)C3)cs1. The van der Waals surface area contributed by atoms with E-state index >= 15 is 0 Å². The lowest BCUT2D eigenvalue weighted by atomic mass is 9.84. The van der Waals surface area contributed by atoms with Gasteiger partial charge in [-0.05, 0) is 18.9 Å². The third kappa shape index (κ3) is 4.05. The summed E-state index contributed by atoms with van der Waals surface area (Å²) in [5.74, 6) is 0.493. The highest BCUT2D eigenvalue weighted by atomic mass is 32.1. The zero-order valence-corrected chi connectivity index (χ0v) is 15.8. The topological polar surface area (TPSA) is 118 Å². The van der Waals surface area contributed by atoms with Crippen LogP contribution in [-0.2, 0) is 31.0 Å². The number of rotatable bonds is 5. The monoisotopic (exact) mass is 389 g/mol. The Morgan fingerprint density at radius 2 is 2.00 bits per heavy atom. The van der Waals surface area contributed by atoms with E-state index < -0.39 is 0 Å². The number of hydrogen-bond donors (Lipinski definition) is 3. The van der Waals surface area contributed by atoms with Crippen LogP contribution >= 0.6 is 11.3 Å². The van der Waals surface area contributed by atoms with Crippen molar-refractivity contribution in [1.82, 2.24) is 30.3 Å². The molecule has 0 saturated heterocycles. The molecule has 3 heterocycles. The molecule has 4 rings (SSSR count). The summed E-state index contributed by atoms with van der Waals surface area (Å²) in [6, 6.07) is 1.68. The van der Waals surface area contributed by atoms with Crippen molar-refractivity contribution in [2.45, 2.75) is 45.4 Å². The number of nitrogens with zero attached hydrogens (tertiary/aromatic N) is 4. The van der Waals surface area contributed by atoms with Gasteiger partial charge >= 0.3 is 6.03 Å². The maximum absolute atomic E-state index is 12.4. The molecule has 1 aliphatic heterocycles. The lowest BCUT2D eigenvalue weighted by molar-refractivity contribution is -0.139. The number of urea groups is 1. The van der Waals surface area contributed by atoms with Crippen molar-refractivity contribution in [3.05, 3.63) is 28.5 Å². The summed E-state index contributed by atoms with van der Waals surface area (Å²) in [5, 5.41) is 12.4. The van der Waals surface area contributed by atoms with E-state index in [1.165, 1.54) is 11.3 Å². The van der Waals surface area contributed by atoms with Gasteiger partial charge in [-0.1, -0.05) is 6.42 Å². The number of nitrogens with one attached hydrogen (secondary N) is 2. The average Bonchev–Trinajstić information content (AvgIpc) is 3.21. The van der Waals surface area contributed by atoms with Crippen LogP contribution in [0.15, 0.2) is 11.4 Å². The van der Waals surface area contributed by atoms with Gasteiger partial charge in [-0.3, -0.25) is 9.48 Å². The summed E-state index contributed by atoms with van der Waals surface area (Å²) in [4.78, 5) is 30.4. The van der Waals surface area contributed by atoms with Gasteiger partial charge < -0.3 is 21.3 Å². The van der Waals surface area contributed by atoms with Crippen LogP contribution in [-0.4, -0.2) is 38.1 Å². The molecule has 10 heteroatoms. The maximum Gasteiger partial charge on any atom is 0.315 e. The Hall–Kier alpha value is -2.62. The molecule has 0 aromatic carbocycles. The molecule has 0 bridgehead atoms. The van der Waals surface area contributed by atoms with Crippen LogP contribution in [0.25, 0.3) is 0 Å². The second-order valence-corrected chi connectivity index (χ2v) is 7.84. The number of carbonyl (C=O) groups is 2. The van der Waals surface area contributed by atoms with E-state index in [1.54, 1.807) is 0 Å². The van der Waals surface area contributed by atoms with E-state index in [4.69, 9.17) is 5.73 Å². The number of anilines is 1. The lowest BCUT2D eigenvalue weighted by Gasteiger charge is -2.34. The summed E-state index contributed by atoms with van der Waals surface area (Å²) < 4.78 is 1.93. The molecule has 0 atom stereocenters. The third-order valence-corrected chi connectivity index (χ3v) is 5.77. The molecule has 9 nitrogen and oxygen atoms in total. The molecule has 0 unspecified atom stereocenters. The first-order valence-electron chi connectivity index (χ1n) is 9.14. The van der Waals surface area contributed by atoms with Gasteiger partial charge in [0.1, 0.15) is 0 Å². The number of amides is 3. The fourth-order valence-electron chi connectivity index (χ4n) is 3.32. The summed E-state index contributed by atoms with van der Waals surface area (Å²) >= 11 is 1.34. The lowest BCUT2D eigenvalue weighted by Crippen LogP contribution is -2.43. The number of thiazole rings is 1. The van der Waals surface area contributed by atoms with Gasteiger partial charge in [0.2, 0.25) is 5.91 Å². The minimum atomic E-state index is -0.283. The molecular weight excluding hydrogens is 366 g/mol. The van der Waals surface area contributed by atoms with E-state index in [1.807, 2.05) is 21.0 Å². The average molecular weight is 389 g/mol. The highest BCUT2D eigenvalue weighted by Crippen LogP contribution is 2.29. The number of aromatic nitrogens is 3. The molecule has 2 aromatic heterocycles. The van der Waals surface area contributed by atoms with Crippen molar-refractivity contribution in [2.24, 2.45) is 5.92 Å². The highest BCUT2D eigenvalue weighted by molar-refractivity contribution is 7.13. The van der Waals surface area contributed by atoms with Crippen LogP contribution in [0.5, 0.6) is 0 Å². The van der Waals surface area contributed by atoms with E-state index in [0.717, 1.165) is 36.3 Å². The number of fused-ring (bicyclic) bond motifs is 1. The predicted octanol–water partition coefficient (Wildman–Crippen LogP) is 1.06. The summed E-state index contributed by atoms with van der Waals surface area (Å²) in [5.41, 5.74) is 8.11. The van der Waals surface area contributed by atoms with Gasteiger partial charge in [0.15, 0.2) is 5.13 Å². The van der Waals surface area contributed by atoms with Gasteiger partial charge in [0.05, 0.1) is 43.3 Å². The molecular formula is C17H23N7O2S. The minimum Gasteiger partial charge on any atom is -0.375 e. The zero-order valence-electron chi connectivity index (χ0n) is 15.0. The highest BCUT2D eigenvalue weighted by Gasteiger charge is 2.31. The van der Waals surface area contributed by atoms with Crippen molar-refractivity contribution in [3.8, 4) is 0 Å². The van der Waals surface area contributed by atoms with Crippen molar-refractivity contribution in [1.29, 1.82) is 0 Å². The normalized spacial score (nSPS) is 16.5. The van der Waals surface area contributed by atoms with Crippen molar-refractivity contribution in [3.63, 3.8) is 0 Å². The first-order chi connectivity index (χ1) is 13.1. The molecule has 2 aliphatic rings. The molecule has 1 fully saturated rings. The van der Waals surface area contributed by atoms with Crippen LogP contribution in [0.2, 0.25) is 0 Å². The maximum atomic E-state index is 12.4. The predicted molar refractivity (Wildman–Crippen MR) is 101 cm³/mol. The van der Waals surface area contributed by atoms with Crippen LogP contribution < -0.4 is 16.4 Å². The second kappa shape index (κ2) is 7.55. The van der Waals surface area contributed by atoms with Crippen LogP contribution in [0, 0.1) is 5.92 Å². The second-order valence-electron chi connectivity index (χ2n) is 6.95. The Kier molecular flexibility index (Phi) is 4.97. The summed E-state index contributed by atoms with van der Waals surface area (Å²) in [6.45, 7) is 2.66. The Bertz CT molecular complexity index is 842. The summed E-state index contributed by atoms with van der Waals surface area (Å²) in [6.07, 6.45) is 3.20. The van der Waals surface area contributed by atoms with Crippen LogP contribution in [0.1, 0.15) is 36.3 Å². The molecule has 0 spiro atoms. The van der Waals surface area contributed by atoms with E-state index in [-0.39, 0.29) is 17.9 Å². The molecule has 0 radical (unpaired) electrons. The Labute approximate surface area is 160 Å². The fourth-order valence-corrected chi connectivity index (χ4v) is 3.88. The molecule has 3 amide bonds. The van der Waals surface area contributed by atoms with Gasteiger partial charge in [-0.25, -0.2) is 9.78 Å². The van der Waals surface area contributed by atoms with E-state index in [0.29, 0.717) is 37.9 Å². The van der Waals surface area contributed by atoms with Crippen LogP contribution in [0.4, 0.5) is 9.93 Å². The Morgan fingerprint density at radius 3 is 2.67 bits per heavy atom. The first kappa shape index (κ1) is 17.8. The van der Waals surface area contributed by atoms with Gasteiger partial charge in [-0.15, -0.1) is 11.3 Å². The minimum absolute atomic E-state index is 0.220. The number of carbonyl (C=O) groups excluding carboxylic acids is 2. The van der Waals surface area contributed by atoms with E-state index in [9.17, 15) is 9.59 Å². The van der Waals surface area contributed by atoms with Gasteiger partial charge in [-0.2, -0.15) is 5.10 Å². The number of nitrogens with two attached hydrogens (primary N) is 1. The Balaban J connectivity index is 1.26. The molecule has 1 aliphatic carbocycles. The largest absolute Gasteiger partial charge is 0.375 e. The third-order valence-electron chi connectivity index (χ3n) is 5.04. The van der Waals surface area contributed by atoms with Crippen molar-refractivity contribution < 1.29 is 9.59 Å². The van der Waals surface area contributed by atoms with Gasteiger partial charge in [0.25, 0.3) is 0 Å². The molecule has 2 aromatic rings. The van der Waals surface area contributed by atoms with Crippen molar-refractivity contribution in [2.75, 3.05) is 12.3 Å². The smallest absolute Gasteiger partial charge is 0.315 e. The first-order valence-corrected chi connectivity index (χ1v) is 10.0. The Morgan fingerprint density at radius 1 is 1.22 bits per heavy atom. The standard InChI is InChI=1S/C17H23N7O2S/c18-16-21-13(10-27-16)8-20-17(26)19-7-12-6-14-9-23(4-5-24(14)22-12)15(25)11-2-1-3-11/h6,10-11H,1-5,7-9H2,(H2,18,21)(H2,19,20,26). The molecule has 4 N–H and O–H groups in total. The van der Waals surface area contributed by atoms with E-state index in [2.05, 4.69) is 20.7 Å². The van der Waals surface area contributed by atoms with Crippen molar-refractivity contribution >= 4 is 28.4 Å². The number of hydrogen-bond acceptors (Lipinski definition) is 6. The molecule has 1 saturated carbocycles.